The molecule has 6 nitrogen and oxygen atoms in total. The monoisotopic (exact) mass is 406 g/mol. The third kappa shape index (κ3) is 7.67. The topological polar surface area (TPSA) is 78.9 Å². The average molecular weight is 407 g/mol. The lowest BCUT2D eigenvalue weighted by molar-refractivity contribution is -0.158. The van der Waals surface area contributed by atoms with E-state index < -0.39 is 0 Å². The summed E-state index contributed by atoms with van der Waals surface area (Å²) < 4.78 is 16.2. The first-order valence-corrected chi connectivity index (χ1v) is 10.6. The average Bonchev–Trinajstić information content (AvgIpc) is 2.71. The van der Waals surface area contributed by atoms with Gasteiger partial charge in [0.2, 0.25) is 0 Å². The zero-order valence-electron chi connectivity index (χ0n) is 17.7. The Morgan fingerprint density at radius 2 is 1.14 bits per heavy atom. The highest BCUT2D eigenvalue weighted by atomic mass is 16.5. The van der Waals surface area contributed by atoms with Crippen LogP contribution in [0.2, 0.25) is 0 Å². The van der Waals surface area contributed by atoms with Gasteiger partial charge in [-0.2, -0.15) is 0 Å². The quantitative estimate of drug-likeness (QED) is 0.343. The molecule has 0 heterocycles. The lowest BCUT2D eigenvalue weighted by atomic mass is 9.82. The molecule has 0 spiro atoms. The van der Waals surface area contributed by atoms with Gasteiger partial charge in [-0.3, -0.25) is 4.79 Å². The highest BCUT2D eigenvalue weighted by Gasteiger charge is 2.31. The van der Waals surface area contributed by atoms with E-state index in [4.69, 9.17) is 14.2 Å². The molecular formula is C23H34O6. The van der Waals surface area contributed by atoms with Crippen LogP contribution >= 0.6 is 0 Å². The lowest BCUT2D eigenvalue weighted by Gasteiger charge is -2.31. The van der Waals surface area contributed by atoms with Crippen molar-refractivity contribution in [2.24, 2.45) is 17.8 Å². The van der Waals surface area contributed by atoms with Crippen molar-refractivity contribution in [2.75, 3.05) is 13.2 Å². The van der Waals surface area contributed by atoms with Gasteiger partial charge in [0.15, 0.2) is 0 Å². The van der Waals surface area contributed by atoms with Crippen LogP contribution in [-0.2, 0) is 28.6 Å². The normalized spacial score (nSPS) is 26.8. The van der Waals surface area contributed by atoms with Gasteiger partial charge in [0.05, 0.1) is 19.1 Å². The van der Waals surface area contributed by atoms with Gasteiger partial charge >= 0.3 is 17.9 Å². The highest BCUT2D eigenvalue weighted by Crippen LogP contribution is 2.32. The van der Waals surface area contributed by atoms with Gasteiger partial charge in [-0.05, 0) is 77.0 Å². The second-order valence-electron chi connectivity index (χ2n) is 8.55. The molecule has 0 amide bonds. The van der Waals surface area contributed by atoms with E-state index in [0.717, 1.165) is 51.4 Å². The van der Waals surface area contributed by atoms with Crippen molar-refractivity contribution < 1.29 is 28.6 Å². The van der Waals surface area contributed by atoms with Crippen LogP contribution in [0, 0.1) is 17.8 Å². The number of hydrogen-bond acceptors (Lipinski definition) is 6. The maximum absolute atomic E-state index is 12.5. The van der Waals surface area contributed by atoms with E-state index in [-0.39, 0.29) is 29.9 Å². The molecule has 0 N–H and O–H groups in total. The summed E-state index contributed by atoms with van der Waals surface area (Å²) >= 11 is 0. The predicted octanol–water partition coefficient (Wildman–Crippen LogP) is 4.13. The van der Waals surface area contributed by atoms with Crippen LogP contribution in [0.1, 0.15) is 65.2 Å². The first-order chi connectivity index (χ1) is 13.8. The van der Waals surface area contributed by atoms with Gasteiger partial charge in [0.1, 0.15) is 6.10 Å². The highest BCUT2D eigenvalue weighted by molar-refractivity contribution is 5.87. The van der Waals surface area contributed by atoms with Crippen LogP contribution in [0.4, 0.5) is 0 Å². The summed E-state index contributed by atoms with van der Waals surface area (Å²) in [6.07, 6.45) is 6.66. The fourth-order valence-electron chi connectivity index (χ4n) is 3.88. The Labute approximate surface area is 173 Å². The molecule has 0 aromatic heterocycles. The van der Waals surface area contributed by atoms with Gasteiger partial charge in [-0.25, -0.2) is 9.59 Å². The van der Waals surface area contributed by atoms with Gasteiger partial charge in [0, 0.05) is 11.1 Å². The Balaban J connectivity index is 1.63. The van der Waals surface area contributed by atoms with Crippen LogP contribution < -0.4 is 0 Å². The van der Waals surface area contributed by atoms with E-state index in [2.05, 4.69) is 13.2 Å². The van der Waals surface area contributed by atoms with Crippen molar-refractivity contribution in [3.05, 3.63) is 24.3 Å². The maximum atomic E-state index is 12.5. The van der Waals surface area contributed by atoms with Crippen molar-refractivity contribution in [3.63, 3.8) is 0 Å². The molecule has 6 heteroatoms. The number of carbonyl (C=O) groups excluding carboxylic acids is 3. The molecule has 162 valence electrons. The largest absolute Gasteiger partial charge is 0.462 e. The SMILES string of the molecule is C=C(C)C(=O)OCC1CCC(OC(=O)C2CCC(COC(=O)C(=C)C)CC2)CC1. The van der Waals surface area contributed by atoms with Gasteiger partial charge in [-0.15, -0.1) is 0 Å². The smallest absolute Gasteiger partial charge is 0.333 e. The summed E-state index contributed by atoms with van der Waals surface area (Å²) in [5.74, 6) is -0.220. The Morgan fingerprint density at radius 1 is 0.724 bits per heavy atom. The summed E-state index contributed by atoms with van der Waals surface area (Å²) in [4.78, 5) is 35.5. The lowest BCUT2D eigenvalue weighted by Crippen LogP contribution is -2.31. The minimum absolute atomic E-state index is 0.0372. The molecule has 0 aromatic carbocycles. The molecule has 0 saturated heterocycles. The minimum atomic E-state index is -0.350. The third-order valence-electron chi connectivity index (χ3n) is 5.85. The van der Waals surface area contributed by atoms with Crippen molar-refractivity contribution in [1.29, 1.82) is 0 Å². The molecule has 2 fully saturated rings. The maximum Gasteiger partial charge on any atom is 0.333 e. The first kappa shape index (κ1) is 23.2. The number of carbonyl (C=O) groups is 3. The molecule has 0 aromatic rings. The van der Waals surface area contributed by atoms with E-state index in [9.17, 15) is 14.4 Å². The van der Waals surface area contributed by atoms with Gasteiger partial charge in [-0.1, -0.05) is 13.2 Å². The van der Waals surface area contributed by atoms with Crippen LogP contribution in [0.3, 0.4) is 0 Å². The number of esters is 3. The van der Waals surface area contributed by atoms with E-state index >= 15 is 0 Å². The van der Waals surface area contributed by atoms with Gasteiger partial charge < -0.3 is 14.2 Å². The molecule has 0 atom stereocenters. The van der Waals surface area contributed by atoms with E-state index in [1.165, 1.54) is 0 Å². The van der Waals surface area contributed by atoms with E-state index in [0.29, 0.717) is 36.2 Å². The van der Waals surface area contributed by atoms with Crippen LogP contribution in [0.15, 0.2) is 24.3 Å². The molecule has 2 rings (SSSR count). The Kier molecular flexibility index (Phi) is 8.93. The molecule has 2 saturated carbocycles. The summed E-state index contributed by atoms with van der Waals surface area (Å²) in [7, 11) is 0. The molecule has 29 heavy (non-hydrogen) atoms. The molecule has 2 aliphatic carbocycles. The van der Waals surface area contributed by atoms with Crippen LogP contribution in [-0.4, -0.2) is 37.2 Å². The van der Waals surface area contributed by atoms with E-state index in [1.54, 1.807) is 13.8 Å². The van der Waals surface area contributed by atoms with Crippen molar-refractivity contribution in [1.82, 2.24) is 0 Å². The minimum Gasteiger partial charge on any atom is -0.462 e. The molecule has 0 unspecified atom stereocenters. The molecule has 0 aliphatic heterocycles. The number of rotatable bonds is 8. The fourth-order valence-corrected chi connectivity index (χ4v) is 3.88. The van der Waals surface area contributed by atoms with Gasteiger partial charge in [0.25, 0.3) is 0 Å². The second-order valence-corrected chi connectivity index (χ2v) is 8.55. The Bertz CT molecular complexity index is 621. The summed E-state index contributed by atoms with van der Waals surface area (Å²) in [5, 5.41) is 0. The van der Waals surface area contributed by atoms with Crippen LogP contribution in [0.5, 0.6) is 0 Å². The molecule has 2 aliphatic rings. The first-order valence-electron chi connectivity index (χ1n) is 10.6. The zero-order chi connectivity index (χ0) is 21.4. The fraction of sp³-hybridized carbons (Fsp3) is 0.696. The Hall–Kier alpha value is -2.11. The van der Waals surface area contributed by atoms with Crippen molar-refractivity contribution in [3.8, 4) is 0 Å². The summed E-state index contributed by atoms with van der Waals surface area (Å²) in [5.41, 5.74) is 0.822. The summed E-state index contributed by atoms with van der Waals surface area (Å²) in [6, 6.07) is 0. The number of hydrogen-bond donors (Lipinski definition) is 0. The van der Waals surface area contributed by atoms with Crippen LogP contribution in [0.25, 0.3) is 0 Å². The second kappa shape index (κ2) is 11.2. The summed E-state index contributed by atoms with van der Waals surface area (Å²) in [6.45, 7) is 11.2. The molecule has 0 radical (unpaired) electrons. The Morgan fingerprint density at radius 3 is 1.55 bits per heavy atom. The molecular weight excluding hydrogens is 372 g/mol. The van der Waals surface area contributed by atoms with Crippen molar-refractivity contribution in [2.45, 2.75) is 71.3 Å². The van der Waals surface area contributed by atoms with Crippen molar-refractivity contribution >= 4 is 17.9 Å². The zero-order valence-corrected chi connectivity index (χ0v) is 17.7. The standard InChI is InChI=1S/C23H34O6/c1-15(2)21(24)27-13-17-5-9-19(10-6-17)23(26)29-20-11-7-18(8-12-20)14-28-22(25)16(3)4/h17-20H,1,3,5-14H2,2,4H3. The third-order valence-corrected chi connectivity index (χ3v) is 5.85. The predicted molar refractivity (Wildman–Crippen MR) is 109 cm³/mol. The number of ether oxygens (including phenoxy) is 3. The molecule has 0 bridgehead atoms. The van der Waals surface area contributed by atoms with E-state index in [1.807, 2.05) is 0 Å².